The molecule has 12 heteroatoms. The summed E-state index contributed by atoms with van der Waals surface area (Å²) < 4.78 is 4.09. The highest BCUT2D eigenvalue weighted by Gasteiger charge is 2.16. The second kappa shape index (κ2) is 16.8. The number of amides is 1. The number of primary amides is 1. The molecule has 226 valence electrons. The van der Waals surface area contributed by atoms with Gasteiger partial charge in [-0.25, -0.2) is 4.79 Å². The Bertz CT molecular complexity index is 1650. The third kappa shape index (κ3) is 10.5. The molecule has 4 N–H and O–H groups in total. The van der Waals surface area contributed by atoms with Crippen molar-refractivity contribution in [1.82, 2.24) is 4.98 Å². The lowest BCUT2D eigenvalue weighted by Gasteiger charge is -2.05. The Balaban J connectivity index is 0.000000164. The zero-order valence-corrected chi connectivity index (χ0v) is 30.6. The van der Waals surface area contributed by atoms with Crippen molar-refractivity contribution in [1.29, 1.82) is 0 Å². The lowest BCUT2D eigenvalue weighted by atomic mass is 10.1. The van der Waals surface area contributed by atoms with Crippen LogP contribution in [0.3, 0.4) is 0 Å². The molecule has 0 saturated heterocycles. The van der Waals surface area contributed by atoms with Crippen molar-refractivity contribution < 1.29 is 19.5 Å². The Morgan fingerprint density at radius 3 is 1.70 bits per heavy atom. The second-order valence-corrected chi connectivity index (χ2v) is 14.1. The first-order chi connectivity index (χ1) is 20.4. The third-order valence-corrected chi connectivity index (χ3v) is 9.34. The van der Waals surface area contributed by atoms with Gasteiger partial charge in [0.1, 0.15) is 5.78 Å². The number of aromatic amines is 1. The van der Waals surface area contributed by atoms with Gasteiger partial charge in [0.15, 0.2) is 0 Å². The van der Waals surface area contributed by atoms with Gasteiger partial charge in [-0.3, -0.25) is 14.4 Å². The molecule has 0 bridgehead atoms. The SMILES string of the molecule is NC(=O)c1ccc(Br)cc1Br.O=C(O)c1ccc(Br)cc1Br.O=C1CCCC1.O=c1[nH]c2c(c3cc(Br)ccc13)CCC2. The number of aromatic nitrogens is 1. The summed E-state index contributed by atoms with van der Waals surface area (Å²) in [6.07, 6.45) is 7.21. The van der Waals surface area contributed by atoms with E-state index < -0.39 is 11.9 Å². The molecular formula is C31H27Br5N2O5. The molecule has 4 aromatic rings. The minimum atomic E-state index is -0.927. The third-order valence-electron chi connectivity index (χ3n) is 6.55. The van der Waals surface area contributed by atoms with E-state index >= 15 is 0 Å². The minimum Gasteiger partial charge on any atom is -0.478 e. The van der Waals surface area contributed by atoms with Crippen LogP contribution in [0.5, 0.6) is 0 Å². The van der Waals surface area contributed by atoms with Crippen LogP contribution in [0.2, 0.25) is 0 Å². The number of aryl methyl sites for hydroxylation is 2. The molecule has 2 aliphatic carbocycles. The van der Waals surface area contributed by atoms with Crippen LogP contribution in [0.4, 0.5) is 0 Å². The average molecular weight is 907 g/mol. The molecule has 1 heterocycles. The van der Waals surface area contributed by atoms with Crippen molar-refractivity contribution >= 4 is 108 Å². The number of rotatable bonds is 2. The molecule has 0 atom stereocenters. The van der Waals surface area contributed by atoms with Gasteiger partial charge in [0.25, 0.3) is 5.56 Å². The summed E-state index contributed by atoms with van der Waals surface area (Å²) in [5.41, 5.74) is 8.34. The van der Waals surface area contributed by atoms with Crippen molar-refractivity contribution in [3.63, 3.8) is 0 Å². The predicted octanol–water partition coefficient (Wildman–Crippen LogP) is 9.13. The van der Waals surface area contributed by atoms with E-state index in [2.05, 4.69) is 90.7 Å². The van der Waals surface area contributed by atoms with Gasteiger partial charge in [-0.05, 0) is 130 Å². The van der Waals surface area contributed by atoms with E-state index in [0.29, 0.717) is 20.3 Å². The minimum absolute atomic E-state index is 0.0400. The number of benzene rings is 3. The van der Waals surface area contributed by atoms with Crippen molar-refractivity contribution in [2.75, 3.05) is 0 Å². The van der Waals surface area contributed by atoms with E-state index in [-0.39, 0.29) is 11.1 Å². The lowest BCUT2D eigenvalue weighted by molar-refractivity contribution is -0.117. The summed E-state index contributed by atoms with van der Waals surface area (Å²) in [5.74, 6) is -0.899. The van der Waals surface area contributed by atoms with E-state index in [4.69, 9.17) is 10.8 Å². The Morgan fingerprint density at radius 1 is 0.674 bits per heavy atom. The van der Waals surface area contributed by atoms with Crippen molar-refractivity contribution in [2.45, 2.75) is 44.9 Å². The van der Waals surface area contributed by atoms with Crippen LogP contribution in [-0.4, -0.2) is 27.8 Å². The number of nitrogens with two attached hydrogens (primary N) is 1. The molecule has 0 unspecified atom stereocenters. The molecule has 3 aromatic carbocycles. The molecule has 0 aliphatic heterocycles. The second-order valence-electron chi connectivity index (χ2n) is 9.62. The highest BCUT2D eigenvalue weighted by Crippen LogP contribution is 2.28. The quantitative estimate of drug-likeness (QED) is 0.185. The van der Waals surface area contributed by atoms with Crippen LogP contribution in [0.15, 0.2) is 81.8 Å². The van der Waals surface area contributed by atoms with Crippen LogP contribution < -0.4 is 11.3 Å². The largest absolute Gasteiger partial charge is 0.478 e. The number of carboxylic acids is 1. The van der Waals surface area contributed by atoms with E-state index in [9.17, 15) is 19.2 Å². The Labute approximate surface area is 290 Å². The molecule has 1 fully saturated rings. The fourth-order valence-corrected chi connectivity index (χ4v) is 7.29. The van der Waals surface area contributed by atoms with Gasteiger partial charge in [-0.15, -0.1) is 0 Å². The summed E-state index contributed by atoms with van der Waals surface area (Å²) in [7, 11) is 0. The smallest absolute Gasteiger partial charge is 0.336 e. The number of Topliss-reactive ketones (excluding diaryl/α,β-unsaturated/α-hetero) is 1. The van der Waals surface area contributed by atoms with Crippen LogP contribution in [0, 0.1) is 0 Å². The van der Waals surface area contributed by atoms with Crippen molar-refractivity contribution in [2.24, 2.45) is 5.73 Å². The van der Waals surface area contributed by atoms with Crippen molar-refractivity contribution in [3.05, 3.63) is 110 Å². The summed E-state index contributed by atoms with van der Waals surface area (Å²) in [4.78, 5) is 46.2. The lowest BCUT2D eigenvalue weighted by Crippen LogP contribution is -2.11. The number of carboxylic acid groups (broad SMARTS) is 1. The molecule has 1 amide bonds. The number of pyridine rings is 1. The van der Waals surface area contributed by atoms with Crippen LogP contribution in [0.1, 0.15) is 64.1 Å². The van der Waals surface area contributed by atoms with Gasteiger partial charge in [-0.2, -0.15) is 0 Å². The molecule has 1 saturated carbocycles. The number of aromatic carboxylic acids is 1. The number of halogens is 5. The monoisotopic (exact) mass is 902 g/mol. The van der Waals surface area contributed by atoms with E-state index in [0.717, 1.165) is 74.8 Å². The number of carbonyl (C=O) groups is 3. The highest BCUT2D eigenvalue weighted by atomic mass is 79.9. The first-order valence-electron chi connectivity index (χ1n) is 13.2. The number of nitrogens with one attached hydrogen (secondary N) is 1. The van der Waals surface area contributed by atoms with Crippen LogP contribution in [0.25, 0.3) is 10.8 Å². The number of hydrogen-bond donors (Lipinski definition) is 3. The van der Waals surface area contributed by atoms with E-state index in [1.54, 1.807) is 30.3 Å². The number of ketones is 1. The molecule has 1 aromatic heterocycles. The van der Waals surface area contributed by atoms with Crippen LogP contribution >= 0.6 is 79.6 Å². The molecule has 7 nitrogen and oxygen atoms in total. The number of hydrogen-bond acceptors (Lipinski definition) is 4. The Hall–Kier alpha value is -2.12. The van der Waals surface area contributed by atoms with Crippen molar-refractivity contribution in [3.8, 4) is 0 Å². The molecule has 2 aliphatic rings. The maximum atomic E-state index is 11.8. The number of carbonyl (C=O) groups excluding carboxylic acids is 2. The first kappa shape index (κ1) is 35.4. The molecule has 0 spiro atoms. The highest BCUT2D eigenvalue weighted by molar-refractivity contribution is 9.11. The summed E-state index contributed by atoms with van der Waals surface area (Å²) in [5, 5.41) is 10.5. The maximum absolute atomic E-state index is 11.8. The standard InChI is InChI=1S/C12H10BrNO.C7H5Br2NO.C7H4Br2O2.C5H8O/c13-7-4-5-9-10(6-7)8-2-1-3-11(8)14-12(9)15;2*8-4-1-2-5(7(10)11)6(9)3-4;6-5-3-1-2-4-5/h4-6H,1-3H2,(H,14,15);1-3H,(H2,10,11);1-3H,(H,10,11);1-4H2. The fourth-order valence-electron chi connectivity index (χ4n) is 4.47. The summed E-state index contributed by atoms with van der Waals surface area (Å²) in [6.45, 7) is 0. The topological polar surface area (TPSA) is 130 Å². The van der Waals surface area contributed by atoms with Gasteiger partial charge in [-0.1, -0.05) is 47.8 Å². The molecule has 6 rings (SSSR count). The van der Waals surface area contributed by atoms with Gasteiger partial charge in [0.2, 0.25) is 5.91 Å². The maximum Gasteiger partial charge on any atom is 0.336 e. The van der Waals surface area contributed by atoms with Gasteiger partial charge < -0.3 is 15.8 Å². The zero-order chi connectivity index (χ0) is 31.7. The van der Waals surface area contributed by atoms with Gasteiger partial charge in [0.05, 0.1) is 11.1 Å². The first-order valence-corrected chi connectivity index (χ1v) is 17.1. The van der Waals surface area contributed by atoms with Gasteiger partial charge in [0, 0.05) is 46.3 Å². The Morgan fingerprint density at radius 2 is 1.21 bits per heavy atom. The number of fused-ring (bicyclic) bond motifs is 3. The van der Waals surface area contributed by atoms with E-state index in [1.807, 2.05) is 12.1 Å². The van der Waals surface area contributed by atoms with Gasteiger partial charge >= 0.3 is 5.97 Å². The summed E-state index contributed by atoms with van der Waals surface area (Å²) in [6, 6.07) is 16.0. The molecular weight excluding hydrogens is 880 g/mol. The molecule has 43 heavy (non-hydrogen) atoms. The predicted molar refractivity (Wildman–Crippen MR) is 187 cm³/mol. The Kier molecular flexibility index (Phi) is 13.8. The molecule has 0 radical (unpaired) electrons. The fraction of sp³-hybridized carbons (Fsp3) is 0.226. The normalized spacial score (nSPS) is 13.1. The number of H-pyrrole nitrogens is 1. The average Bonchev–Trinajstić information content (AvgIpc) is 3.61. The zero-order valence-electron chi connectivity index (χ0n) is 22.7. The van der Waals surface area contributed by atoms with Crippen LogP contribution in [-0.2, 0) is 17.6 Å². The summed E-state index contributed by atoms with van der Waals surface area (Å²) >= 11 is 16.3. The van der Waals surface area contributed by atoms with E-state index in [1.165, 1.54) is 11.6 Å².